The molecule has 0 fully saturated rings. The van der Waals surface area contributed by atoms with Gasteiger partial charge in [0.2, 0.25) is 0 Å². The van der Waals surface area contributed by atoms with Crippen LogP contribution in [0.3, 0.4) is 0 Å². The molecule has 106 valence electrons. The summed E-state index contributed by atoms with van der Waals surface area (Å²) in [4.78, 5) is 5.60. The first-order valence-electron chi connectivity index (χ1n) is 6.50. The molecule has 3 aromatic rings. The van der Waals surface area contributed by atoms with Gasteiger partial charge in [0, 0.05) is 15.5 Å². The average molecular weight is 316 g/mol. The van der Waals surface area contributed by atoms with Crippen LogP contribution in [-0.2, 0) is 0 Å². The lowest BCUT2D eigenvalue weighted by Crippen LogP contribution is -1.99. The van der Waals surface area contributed by atoms with E-state index in [2.05, 4.69) is 40.6 Å². The number of aromatic nitrogens is 3. The molecule has 0 N–H and O–H groups in total. The van der Waals surface area contributed by atoms with Gasteiger partial charge in [0.15, 0.2) is 5.82 Å². The minimum absolute atomic E-state index is 0.728. The molecule has 0 aliphatic heterocycles. The van der Waals surface area contributed by atoms with E-state index in [1.807, 2.05) is 25.1 Å². The van der Waals surface area contributed by atoms with Crippen LogP contribution in [-0.4, -0.2) is 21.0 Å². The van der Waals surface area contributed by atoms with E-state index in [-0.39, 0.29) is 0 Å². The van der Waals surface area contributed by atoms with Gasteiger partial charge in [0.25, 0.3) is 0 Å². The number of halogens is 1. The standard InChI is InChI=1S/C16H14ClN3S/c1-11-3-6-13(9-15(11)17)20-16(18-10-19-20)12-4-7-14(21-2)8-5-12/h3-10H,1-2H3. The van der Waals surface area contributed by atoms with Crippen molar-refractivity contribution in [3.05, 3.63) is 59.4 Å². The Bertz CT molecular complexity index is 765. The summed E-state index contributed by atoms with van der Waals surface area (Å²) in [6, 6.07) is 14.2. The van der Waals surface area contributed by atoms with Crippen molar-refractivity contribution in [1.82, 2.24) is 14.8 Å². The van der Waals surface area contributed by atoms with E-state index in [4.69, 9.17) is 11.6 Å². The van der Waals surface area contributed by atoms with Crippen molar-refractivity contribution in [3.63, 3.8) is 0 Å². The van der Waals surface area contributed by atoms with Crippen LogP contribution in [0, 0.1) is 6.92 Å². The Labute approximate surface area is 133 Å². The van der Waals surface area contributed by atoms with Gasteiger partial charge in [-0.2, -0.15) is 5.10 Å². The summed E-state index contributed by atoms with van der Waals surface area (Å²) in [7, 11) is 0. The minimum atomic E-state index is 0.728. The van der Waals surface area contributed by atoms with Crippen LogP contribution in [0.25, 0.3) is 17.1 Å². The highest BCUT2D eigenvalue weighted by atomic mass is 35.5. The van der Waals surface area contributed by atoms with Crippen molar-refractivity contribution in [2.75, 3.05) is 6.26 Å². The van der Waals surface area contributed by atoms with Crippen LogP contribution in [0.4, 0.5) is 0 Å². The third kappa shape index (κ3) is 2.82. The van der Waals surface area contributed by atoms with Crippen LogP contribution in [0.15, 0.2) is 53.7 Å². The highest BCUT2D eigenvalue weighted by Crippen LogP contribution is 2.25. The molecule has 0 aliphatic carbocycles. The molecule has 5 heteroatoms. The van der Waals surface area contributed by atoms with Crippen LogP contribution in [0.5, 0.6) is 0 Å². The molecule has 0 amide bonds. The van der Waals surface area contributed by atoms with Gasteiger partial charge in [0.1, 0.15) is 6.33 Å². The highest BCUT2D eigenvalue weighted by Gasteiger charge is 2.10. The zero-order valence-electron chi connectivity index (χ0n) is 11.7. The van der Waals surface area contributed by atoms with Crippen LogP contribution < -0.4 is 0 Å². The quantitative estimate of drug-likeness (QED) is 0.661. The summed E-state index contributed by atoms with van der Waals surface area (Å²) in [6.45, 7) is 1.98. The number of benzene rings is 2. The van der Waals surface area contributed by atoms with Gasteiger partial charge in [-0.15, -0.1) is 11.8 Å². The molecule has 0 bridgehead atoms. The zero-order valence-corrected chi connectivity index (χ0v) is 13.3. The van der Waals surface area contributed by atoms with Gasteiger partial charge in [-0.1, -0.05) is 29.8 Å². The van der Waals surface area contributed by atoms with Crippen LogP contribution in [0.2, 0.25) is 5.02 Å². The number of thioether (sulfide) groups is 1. The monoisotopic (exact) mass is 315 g/mol. The second-order valence-electron chi connectivity index (χ2n) is 4.66. The molecule has 0 atom stereocenters. The fourth-order valence-electron chi connectivity index (χ4n) is 2.08. The molecule has 2 aromatic carbocycles. The summed E-state index contributed by atoms with van der Waals surface area (Å²) in [6.07, 6.45) is 3.62. The van der Waals surface area contributed by atoms with E-state index >= 15 is 0 Å². The lowest BCUT2D eigenvalue weighted by Gasteiger charge is -2.08. The Morgan fingerprint density at radius 2 is 1.86 bits per heavy atom. The zero-order chi connectivity index (χ0) is 14.8. The second kappa shape index (κ2) is 5.92. The molecule has 0 radical (unpaired) electrons. The van der Waals surface area contributed by atoms with E-state index in [1.54, 1.807) is 22.8 Å². The molecule has 0 spiro atoms. The minimum Gasteiger partial charge on any atom is -0.215 e. The van der Waals surface area contributed by atoms with E-state index < -0.39 is 0 Å². The Morgan fingerprint density at radius 1 is 1.10 bits per heavy atom. The predicted molar refractivity (Wildman–Crippen MR) is 88.3 cm³/mol. The number of hydrogen-bond acceptors (Lipinski definition) is 3. The van der Waals surface area contributed by atoms with Crippen molar-refractivity contribution in [2.24, 2.45) is 0 Å². The number of hydrogen-bond donors (Lipinski definition) is 0. The maximum Gasteiger partial charge on any atom is 0.163 e. The van der Waals surface area contributed by atoms with E-state index in [9.17, 15) is 0 Å². The summed E-state index contributed by atoms with van der Waals surface area (Å²) in [5, 5.41) is 5.05. The van der Waals surface area contributed by atoms with Gasteiger partial charge < -0.3 is 0 Å². The Kier molecular flexibility index (Phi) is 3.99. The molecule has 3 rings (SSSR count). The second-order valence-corrected chi connectivity index (χ2v) is 5.94. The van der Waals surface area contributed by atoms with E-state index in [0.717, 1.165) is 27.7 Å². The van der Waals surface area contributed by atoms with Crippen molar-refractivity contribution in [2.45, 2.75) is 11.8 Å². The molecular weight excluding hydrogens is 302 g/mol. The first kappa shape index (κ1) is 14.2. The van der Waals surface area contributed by atoms with Crippen molar-refractivity contribution in [3.8, 4) is 17.1 Å². The van der Waals surface area contributed by atoms with Gasteiger partial charge in [-0.3, -0.25) is 0 Å². The van der Waals surface area contributed by atoms with Gasteiger partial charge in [-0.05, 0) is 43.0 Å². The fourth-order valence-corrected chi connectivity index (χ4v) is 2.66. The first-order chi connectivity index (χ1) is 10.2. The van der Waals surface area contributed by atoms with Crippen molar-refractivity contribution < 1.29 is 0 Å². The highest BCUT2D eigenvalue weighted by molar-refractivity contribution is 7.98. The topological polar surface area (TPSA) is 30.7 Å². The summed E-state index contributed by atoms with van der Waals surface area (Å²) < 4.78 is 1.80. The Morgan fingerprint density at radius 3 is 2.52 bits per heavy atom. The molecule has 0 unspecified atom stereocenters. The van der Waals surface area contributed by atoms with Crippen molar-refractivity contribution >= 4 is 23.4 Å². The maximum absolute atomic E-state index is 6.20. The van der Waals surface area contributed by atoms with E-state index in [0.29, 0.717) is 0 Å². The molecule has 21 heavy (non-hydrogen) atoms. The number of aryl methyl sites for hydroxylation is 1. The Balaban J connectivity index is 2.05. The molecule has 1 heterocycles. The average Bonchev–Trinajstić information content (AvgIpc) is 2.99. The predicted octanol–water partition coefficient (Wildman–Crippen LogP) is 4.62. The SMILES string of the molecule is CSc1ccc(-c2ncnn2-c2ccc(C)c(Cl)c2)cc1. The normalized spacial score (nSPS) is 10.8. The largest absolute Gasteiger partial charge is 0.215 e. The maximum atomic E-state index is 6.20. The lowest BCUT2D eigenvalue weighted by molar-refractivity contribution is 0.886. The molecular formula is C16H14ClN3S. The first-order valence-corrected chi connectivity index (χ1v) is 8.10. The molecule has 1 aromatic heterocycles. The van der Waals surface area contributed by atoms with Crippen LogP contribution in [0.1, 0.15) is 5.56 Å². The third-order valence-corrected chi connectivity index (χ3v) is 4.45. The van der Waals surface area contributed by atoms with Gasteiger partial charge >= 0.3 is 0 Å². The number of rotatable bonds is 3. The molecule has 3 nitrogen and oxygen atoms in total. The van der Waals surface area contributed by atoms with Crippen molar-refractivity contribution in [1.29, 1.82) is 0 Å². The Hall–Kier alpha value is -1.78. The van der Waals surface area contributed by atoms with Crippen LogP contribution >= 0.6 is 23.4 Å². The molecule has 0 saturated carbocycles. The fraction of sp³-hybridized carbons (Fsp3) is 0.125. The summed E-state index contributed by atoms with van der Waals surface area (Å²) in [5.74, 6) is 0.808. The summed E-state index contributed by atoms with van der Waals surface area (Å²) >= 11 is 7.92. The van der Waals surface area contributed by atoms with E-state index in [1.165, 1.54) is 4.90 Å². The molecule has 0 aliphatic rings. The third-order valence-electron chi connectivity index (χ3n) is 3.30. The van der Waals surface area contributed by atoms with Gasteiger partial charge in [-0.25, -0.2) is 9.67 Å². The molecule has 0 saturated heterocycles. The van der Waals surface area contributed by atoms with Gasteiger partial charge in [0.05, 0.1) is 5.69 Å². The summed E-state index contributed by atoms with van der Waals surface area (Å²) in [5.41, 5.74) is 2.99. The number of nitrogens with zero attached hydrogens (tertiary/aromatic N) is 3. The smallest absolute Gasteiger partial charge is 0.163 e. The lowest BCUT2D eigenvalue weighted by atomic mass is 10.2.